The van der Waals surface area contributed by atoms with Crippen LogP contribution in [0.5, 0.6) is 11.5 Å². The lowest BCUT2D eigenvalue weighted by Gasteiger charge is -2.10. The maximum Gasteiger partial charge on any atom is 0.342 e. The number of nitriles is 1. The second-order valence-electron chi connectivity index (χ2n) is 4.45. The topological polar surface area (TPSA) is 68.5 Å². The van der Waals surface area contributed by atoms with Gasteiger partial charge in [-0.15, -0.1) is 0 Å². The van der Waals surface area contributed by atoms with Crippen LogP contribution in [0.25, 0.3) is 0 Å². The van der Waals surface area contributed by atoms with Gasteiger partial charge in [-0.2, -0.15) is 5.26 Å². The molecule has 0 saturated carbocycles. The van der Waals surface area contributed by atoms with E-state index in [0.717, 1.165) is 5.56 Å². The molecule has 22 heavy (non-hydrogen) atoms. The molecule has 5 nitrogen and oxygen atoms in total. The van der Waals surface area contributed by atoms with Gasteiger partial charge in [-0.25, -0.2) is 4.79 Å². The summed E-state index contributed by atoms with van der Waals surface area (Å²) in [6.45, 7) is 0.125. The van der Waals surface area contributed by atoms with Crippen molar-refractivity contribution in [3.8, 4) is 17.6 Å². The Hall–Kier alpha value is -3.00. The maximum absolute atomic E-state index is 12.1. The van der Waals surface area contributed by atoms with Crippen molar-refractivity contribution >= 4 is 5.97 Å². The van der Waals surface area contributed by atoms with Gasteiger partial charge in [0.2, 0.25) is 0 Å². The Kier molecular flexibility index (Phi) is 4.99. The molecule has 2 rings (SSSR count). The highest BCUT2D eigenvalue weighted by Crippen LogP contribution is 2.25. The zero-order chi connectivity index (χ0) is 15.9. The Balaban J connectivity index is 2.07. The van der Waals surface area contributed by atoms with Crippen LogP contribution in [0.3, 0.4) is 0 Å². The Morgan fingerprint density at radius 2 is 1.82 bits per heavy atom. The molecule has 0 heterocycles. The van der Waals surface area contributed by atoms with E-state index in [0.29, 0.717) is 22.6 Å². The first kappa shape index (κ1) is 15.4. The molecule has 0 atom stereocenters. The number of benzene rings is 2. The summed E-state index contributed by atoms with van der Waals surface area (Å²) in [5.41, 5.74) is 1.70. The maximum atomic E-state index is 12.1. The molecule has 0 aliphatic rings. The molecule has 0 radical (unpaired) electrons. The number of esters is 1. The summed E-state index contributed by atoms with van der Waals surface area (Å²) in [6, 6.07) is 13.8. The van der Waals surface area contributed by atoms with Crippen LogP contribution in [-0.4, -0.2) is 20.2 Å². The molecule has 5 heteroatoms. The smallest absolute Gasteiger partial charge is 0.342 e. The molecule has 0 amide bonds. The number of nitrogens with zero attached hydrogens (tertiary/aromatic N) is 1. The second-order valence-corrected chi connectivity index (χ2v) is 4.45. The summed E-state index contributed by atoms with van der Waals surface area (Å²) in [5, 5.41) is 8.74. The molecule has 0 bridgehead atoms. The summed E-state index contributed by atoms with van der Waals surface area (Å²) in [4.78, 5) is 12.1. The molecule has 112 valence electrons. The number of ether oxygens (including phenoxy) is 3. The normalized spacial score (nSPS) is 9.68. The van der Waals surface area contributed by atoms with Gasteiger partial charge >= 0.3 is 5.97 Å². The summed E-state index contributed by atoms with van der Waals surface area (Å²) in [6.07, 6.45) is 0. The zero-order valence-corrected chi connectivity index (χ0v) is 12.3. The molecule has 2 aromatic rings. The minimum absolute atomic E-state index is 0.125. The fourth-order valence-corrected chi connectivity index (χ4v) is 1.87. The number of carbonyl (C=O) groups is 1. The minimum atomic E-state index is -0.483. The lowest BCUT2D eigenvalue weighted by atomic mass is 10.1. The Labute approximate surface area is 128 Å². The van der Waals surface area contributed by atoms with Crippen LogP contribution >= 0.6 is 0 Å². The van der Waals surface area contributed by atoms with Gasteiger partial charge in [0.25, 0.3) is 0 Å². The molecular formula is C17H15NO4. The summed E-state index contributed by atoms with van der Waals surface area (Å²) < 4.78 is 15.5. The van der Waals surface area contributed by atoms with Crippen molar-refractivity contribution in [2.24, 2.45) is 0 Å². The first-order valence-electron chi connectivity index (χ1n) is 6.56. The van der Waals surface area contributed by atoms with Crippen LogP contribution < -0.4 is 9.47 Å². The van der Waals surface area contributed by atoms with E-state index in [2.05, 4.69) is 0 Å². The number of rotatable bonds is 5. The van der Waals surface area contributed by atoms with E-state index in [1.807, 2.05) is 6.07 Å². The predicted molar refractivity (Wildman–Crippen MR) is 79.8 cm³/mol. The summed E-state index contributed by atoms with van der Waals surface area (Å²) in [7, 11) is 3.02. The third kappa shape index (κ3) is 3.55. The fourth-order valence-electron chi connectivity index (χ4n) is 1.87. The third-order valence-corrected chi connectivity index (χ3v) is 3.08. The van der Waals surface area contributed by atoms with Crippen molar-refractivity contribution < 1.29 is 19.0 Å². The molecule has 0 aliphatic carbocycles. The quantitative estimate of drug-likeness (QED) is 0.794. The molecule has 0 aliphatic heterocycles. The van der Waals surface area contributed by atoms with E-state index in [9.17, 15) is 4.79 Å². The predicted octanol–water partition coefficient (Wildman–Crippen LogP) is 2.93. The van der Waals surface area contributed by atoms with Crippen LogP contribution in [0.15, 0.2) is 42.5 Å². The molecule has 0 unspecified atom stereocenters. The van der Waals surface area contributed by atoms with Crippen molar-refractivity contribution in [2.75, 3.05) is 14.2 Å². The number of carbonyl (C=O) groups excluding carboxylic acids is 1. The summed E-state index contributed by atoms with van der Waals surface area (Å²) in [5.74, 6) is 0.508. The van der Waals surface area contributed by atoms with Gasteiger partial charge in [-0.05, 0) is 29.8 Å². The molecular weight excluding hydrogens is 282 g/mol. The summed E-state index contributed by atoms with van der Waals surface area (Å²) >= 11 is 0. The highest BCUT2D eigenvalue weighted by molar-refractivity contribution is 5.92. The average molecular weight is 297 g/mol. The van der Waals surface area contributed by atoms with Gasteiger partial charge in [0.05, 0.1) is 25.9 Å². The second kappa shape index (κ2) is 7.14. The minimum Gasteiger partial charge on any atom is -0.497 e. The van der Waals surface area contributed by atoms with E-state index < -0.39 is 5.97 Å². The number of methoxy groups -OCH3 is 2. The molecule has 0 spiro atoms. The van der Waals surface area contributed by atoms with Gasteiger partial charge in [-0.3, -0.25) is 0 Å². The molecule has 0 fully saturated rings. The molecule has 0 N–H and O–H groups in total. The van der Waals surface area contributed by atoms with Crippen molar-refractivity contribution in [3.63, 3.8) is 0 Å². The Bertz CT molecular complexity index is 702. The van der Waals surface area contributed by atoms with Crippen molar-refractivity contribution in [1.29, 1.82) is 5.26 Å². The monoisotopic (exact) mass is 297 g/mol. The molecule has 0 saturated heterocycles. The SMILES string of the molecule is COc1ccc(C(=O)OCc2ccc(C#N)cc2)c(OC)c1. The van der Waals surface area contributed by atoms with E-state index >= 15 is 0 Å². The lowest BCUT2D eigenvalue weighted by Crippen LogP contribution is -2.07. The van der Waals surface area contributed by atoms with Crippen LogP contribution in [0.2, 0.25) is 0 Å². The fraction of sp³-hybridized carbons (Fsp3) is 0.176. The van der Waals surface area contributed by atoms with Gasteiger partial charge < -0.3 is 14.2 Å². The molecule has 2 aromatic carbocycles. The average Bonchev–Trinajstić information content (AvgIpc) is 2.59. The Morgan fingerprint density at radius 3 is 2.41 bits per heavy atom. The number of hydrogen-bond acceptors (Lipinski definition) is 5. The van der Waals surface area contributed by atoms with Gasteiger partial charge in [0.1, 0.15) is 23.7 Å². The van der Waals surface area contributed by atoms with Crippen molar-refractivity contribution in [1.82, 2.24) is 0 Å². The number of hydrogen-bond donors (Lipinski definition) is 0. The van der Waals surface area contributed by atoms with E-state index in [1.54, 1.807) is 42.5 Å². The zero-order valence-electron chi connectivity index (χ0n) is 12.3. The van der Waals surface area contributed by atoms with Crippen LogP contribution in [-0.2, 0) is 11.3 Å². The largest absolute Gasteiger partial charge is 0.497 e. The first-order chi connectivity index (χ1) is 10.7. The van der Waals surface area contributed by atoms with Crippen LogP contribution in [0.4, 0.5) is 0 Å². The van der Waals surface area contributed by atoms with Gasteiger partial charge in [-0.1, -0.05) is 12.1 Å². The van der Waals surface area contributed by atoms with Crippen LogP contribution in [0.1, 0.15) is 21.5 Å². The highest BCUT2D eigenvalue weighted by atomic mass is 16.5. The van der Waals surface area contributed by atoms with Crippen molar-refractivity contribution in [3.05, 3.63) is 59.2 Å². The standard InChI is InChI=1S/C17H15NO4/c1-20-14-7-8-15(16(9-14)21-2)17(19)22-11-13-5-3-12(10-18)4-6-13/h3-9H,11H2,1-2H3. The van der Waals surface area contributed by atoms with Gasteiger partial charge in [0, 0.05) is 6.07 Å². The third-order valence-electron chi connectivity index (χ3n) is 3.08. The highest BCUT2D eigenvalue weighted by Gasteiger charge is 2.14. The first-order valence-corrected chi connectivity index (χ1v) is 6.56. The van der Waals surface area contributed by atoms with Crippen molar-refractivity contribution in [2.45, 2.75) is 6.61 Å². The van der Waals surface area contributed by atoms with Gasteiger partial charge in [0.15, 0.2) is 0 Å². The lowest BCUT2D eigenvalue weighted by molar-refractivity contribution is 0.0469. The Morgan fingerprint density at radius 1 is 1.09 bits per heavy atom. The van der Waals surface area contributed by atoms with E-state index in [-0.39, 0.29) is 6.61 Å². The molecule has 0 aromatic heterocycles. The van der Waals surface area contributed by atoms with E-state index in [4.69, 9.17) is 19.5 Å². The van der Waals surface area contributed by atoms with Crippen LogP contribution in [0, 0.1) is 11.3 Å². The van der Waals surface area contributed by atoms with E-state index in [1.165, 1.54) is 14.2 Å².